The number of aromatic nitrogens is 2. The van der Waals surface area contributed by atoms with E-state index >= 15 is 0 Å². The third kappa shape index (κ3) is 5.64. The molecule has 1 aromatic carbocycles. The van der Waals surface area contributed by atoms with Crippen molar-refractivity contribution < 1.29 is 4.79 Å². The van der Waals surface area contributed by atoms with E-state index in [0.29, 0.717) is 11.6 Å². The lowest BCUT2D eigenvalue weighted by atomic mass is 9.94. The summed E-state index contributed by atoms with van der Waals surface area (Å²) in [5.41, 5.74) is 1.77. The molecule has 1 N–H and O–H groups in total. The number of carbonyl (C=O) groups is 1. The first-order chi connectivity index (χ1) is 15.6. The monoisotopic (exact) mass is 450 g/mol. The number of amides is 1. The Morgan fingerprint density at radius 2 is 1.78 bits per heavy atom. The minimum Gasteiger partial charge on any atom is -0.343 e. The molecule has 1 aliphatic rings. The van der Waals surface area contributed by atoms with E-state index in [1.54, 1.807) is 22.9 Å². The van der Waals surface area contributed by atoms with Crippen molar-refractivity contribution in [3.63, 3.8) is 0 Å². The van der Waals surface area contributed by atoms with Gasteiger partial charge in [0.1, 0.15) is 0 Å². The third-order valence-corrected chi connectivity index (χ3v) is 6.24. The normalized spacial score (nSPS) is 15.9. The fourth-order valence-corrected chi connectivity index (χ4v) is 4.23. The Balaban J connectivity index is 1.35. The van der Waals surface area contributed by atoms with Gasteiger partial charge >= 0.3 is 0 Å². The summed E-state index contributed by atoms with van der Waals surface area (Å²) in [4.78, 5) is 31.8. The summed E-state index contributed by atoms with van der Waals surface area (Å²) >= 11 is 6.05. The number of hydrogen-bond donors (Lipinski definition) is 1. The van der Waals surface area contributed by atoms with Gasteiger partial charge in [-0.1, -0.05) is 35.9 Å². The van der Waals surface area contributed by atoms with Crippen molar-refractivity contribution >= 4 is 17.5 Å². The minimum atomic E-state index is -0.316. The summed E-state index contributed by atoms with van der Waals surface area (Å²) in [6, 6.07) is 18.1. The maximum atomic E-state index is 13.1. The number of nitrogens with one attached hydrogen (secondary N) is 1. The molecule has 0 bridgehead atoms. The molecule has 1 saturated heterocycles. The molecule has 166 valence electrons. The number of hydrogen-bond acceptors (Lipinski definition) is 4. The minimum absolute atomic E-state index is 0.0181. The van der Waals surface area contributed by atoms with Crippen LogP contribution in [0.2, 0.25) is 5.02 Å². The lowest BCUT2D eigenvalue weighted by molar-refractivity contribution is -0.127. The number of pyridine rings is 2. The number of rotatable bonds is 7. The predicted molar refractivity (Wildman–Crippen MR) is 126 cm³/mol. The van der Waals surface area contributed by atoms with Crippen molar-refractivity contribution in [2.75, 3.05) is 19.6 Å². The predicted octanol–water partition coefficient (Wildman–Crippen LogP) is 3.51. The van der Waals surface area contributed by atoms with Gasteiger partial charge in [-0.15, -0.1) is 0 Å². The Labute approximate surface area is 192 Å². The topological polar surface area (TPSA) is 67.2 Å². The molecule has 0 radical (unpaired) electrons. The molecular weight excluding hydrogens is 424 g/mol. The molecule has 1 fully saturated rings. The van der Waals surface area contributed by atoms with Gasteiger partial charge in [0, 0.05) is 42.5 Å². The SMILES string of the molecule is O=C(NC(c1ccc(Cl)cc1)c1ccccn1)C1CCN(CCn2ccccc2=O)CC1. The summed E-state index contributed by atoms with van der Waals surface area (Å²) in [6.07, 6.45) is 5.15. The van der Waals surface area contributed by atoms with Crippen molar-refractivity contribution in [1.29, 1.82) is 0 Å². The maximum absolute atomic E-state index is 13.1. The third-order valence-electron chi connectivity index (χ3n) is 5.99. The summed E-state index contributed by atoms with van der Waals surface area (Å²) in [5.74, 6) is 0.0127. The first-order valence-electron chi connectivity index (χ1n) is 10.9. The molecule has 32 heavy (non-hydrogen) atoms. The van der Waals surface area contributed by atoms with Gasteiger partial charge in [0.15, 0.2) is 0 Å². The van der Waals surface area contributed by atoms with Crippen LogP contribution >= 0.6 is 11.6 Å². The molecule has 3 aromatic rings. The van der Waals surface area contributed by atoms with Crippen LogP contribution in [-0.2, 0) is 11.3 Å². The zero-order valence-electron chi connectivity index (χ0n) is 17.9. The fraction of sp³-hybridized carbons (Fsp3) is 0.320. The van der Waals surface area contributed by atoms with Crippen molar-refractivity contribution in [3.05, 3.63) is 99.7 Å². The number of nitrogens with zero attached hydrogens (tertiary/aromatic N) is 3. The second-order valence-electron chi connectivity index (χ2n) is 8.10. The molecule has 4 rings (SSSR count). The second kappa shape index (κ2) is 10.6. The molecular formula is C25H27ClN4O2. The lowest BCUT2D eigenvalue weighted by Gasteiger charge is -2.32. The zero-order valence-corrected chi connectivity index (χ0v) is 18.6. The average Bonchev–Trinajstić information content (AvgIpc) is 2.83. The first kappa shape index (κ1) is 22.2. The summed E-state index contributed by atoms with van der Waals surface area (Å²) in [7, 11) is 0. The molecule has 2 aromatic heterocycles. The quantitative estimate of drug-likeness (QED) is 0.598. The van der Waals surface area contributed by atoms with Crippen LogP contribution in [0.25, 0.3) is 0 Å². The standard InChI is InChI=1S/C25H27ClN4O2/c26-21-9-7-19(8-10-21)24(22-5-1-3-13-27-22)28-25(32)20-11-15-29(16-12-20)17-18-30-14-4-2-6-23(30)31/h1-10,13-14,20,24H,11-12,15-18H2,(H,28,32). The van der Waals surface area contributed by atoms with Crippen LogP contribution in [0.5, 0.6) is 0 Å². The second-order valence-corrected chi connectivity index (χ2v) is 8.53. The molecule has 1 amide bonds. The van der Waals surface area contributed by atoms with E-state index in [9.17, 15) is 9.59 Å². The number of likely N-dealkylation sites (tertiary alicyclic amines) is 1. The Morgan fingerprint density at radius 3 is 2.47 bits per heavy atom. The molecule has 1 aliphatic heterocycles. The van der Waals surface area contributed by atoms with Crippen molar-refractivity contribution in [2.24, 2.45) is 5.92 Å². The lowest BCUT2D eigenvalue weighted by Crippen LogP contribution is -2.43. The van der Waals surface area contributed by atoms with Gasteiger partial charge in [0.05, 0.1) is 11.7 Å². The highest BCUT2D eigenvalue weighted by Crippen LogP contribution is 2.24. The Hall–Kier alpha value is -2.96. The van der Waals surface area contributed by atoms with Crippen LogP contribution < -0.4 is 10.9 Å². The smallest absolute Gasteiger partial charge is 0.250 e. The summed E-state index contributed by atoms with van der Waals surface area (Å²) in [6.45, 7) is 3.15. The van der Waals surface area contributed by atoms with Crippen LogP contribution in [0.15, 0.2) is 77.9 Å². The fourth-order valence-electron chi connectivity index (χ4n) is 4.10. The van der Waals surface area contributed by atoms with E-state index in [1.165, 1.54) is 0 Å². The molecule has 6 nitrogen and oxygen atoms in total. The van der Waals surface area contributed by atoms with Gasteiger partial charge in [-0.2, -0.15) is 0 Å². The molecule has 0 aliphatic carbocycles. The number of benzene rings is 1. The highest BCUT2D eigenvalue weighted by molar-refractivity contribution is 6.30. The summed E-state index contributed by atoms with van der Waals surface area (Å²) in [5, 5.41) is 3.87. The van der Waals surface area contributed by atoms with Crippen LogP contribution in [0.3, 0.4) is 0 Å². The van der Waals surface area contributed by atoms with Crippen LogP contribution in [0.1, 0.15) is 30.1 Å². The van der Waals surface area contributed by atoms with E-state index in [1.807, 2.05) is 54.7 Å². The number of carbonyl (C=O) groups excluding carboxylic acids is 1. The highest BCUT2D eigenvalue weighted by Gasteiger charge is 2.27. The first-order valence-corrected chi connectivity index (χ1v) is 11.3. The van der Waals surface area contributed by atoms with E-state index in [4.69, 9.17) is 11.6 Å². The van der Waals surface area contributed by atoms with E-state index in [0.717, 1.165) is 43.7 Å². The Bertz CT molecular complexity index is 1080. The Kier molecular flexibility index (Phi) is 7.35. The van der Waals surface area contributed by atoms with E-state index < -0.39 is 0 Å². The van der Waals surface area contributed by atoms with E-state index in [-0.39, 0.29) is 23.4 Å². The van der Waals surface area contributed by atoms with Gasteiger partial charge in [-0.25, -0.2) is 0 Å². The molecule has 3 heterocycles. The molecule has 0 saturated carbocycles. The van der Waals surface area contributed by atoms with Gasteiger partial charge in [0.2, 0.25) is 5.91 Å². The average molecular weight is 451 g/mol. The van der Waals surface area contributed by atoms with Gasteiger partial charge in [0.25, 0.3) is 5.56 Å². The van der Waals surface area contributed by atoms with Gasteiger partial charge in [-0.05, 0) is 61.8 Å². The maximum Gasteiger partial charge on any atom is 0.250 e. The highest BCUT2D eigenvalue weighted by atomic mass is 35.5. The summed E-state index contributed by atoms with van der Waals surface area (Å²) < 4.78 is 1.72. The van der Waals surface area contributed by atoms with Crippen LogP contribution in [0.4, 0.5) is 0 Å². The Morgan fingerprint density at radius 1 is 1.03 bits per heavy atom. The zero-order chi connectivity index (χ0) is 22.3. The van der Waals surface area contributed by atoms with Crippen LogP contribution in [0, 0.1) is 5.92 Å². The molecule has 1 unspecified atom stereocenters. The largest absolute Gasteiger partial charge is 0.343 e. The van der Waals surface area contributed by atoms with Gasteiger partial charge < -0.3 is 14.8 Å². The van der Waals surface area contributed by atoms with Crippen molar-refractivity contribution in [3.8, 4) is 0 Å². The molecule has 1 atom stereocenters. The van der Waals surface area contributed by atoms with E-state index in [2.05, 4.69) is 15.2 Å². The van der Waals surface area contributed by atoms with Gasteiger partial charge in [-0.3, -0.25) is 14.6 Å². The van der Waals surface area contributed by atoms with Crippen molar-refractivity contribution in [1.82, 2.24) is 19.8 Å². The van der Waals surface area contributed by atoms with Crippen LogP contribution in [-0.4, -0.2) is 40.0 Å². The van der Waals surface area contributed by atoms with Crippen molar-refractivity contribution in [2.45, 2.75) is 25.4 Å². The number of piperidine rings is 1. The molecule has 0 spiro atoms. The molecule has 7 heteroatoms. The number of halogens is 1.